The summed E-state index contributed by atoms with van der Waals surface area (Å²) in [6.07, 6.45) is 1.01. The van der Waals surface area contributed by atoms with Crippen LogP contribution < -0.4 is 9.80 Å². The summed E-state index contributed by atoms with van der Waals surface area (Å²) in [4.78, 5) is 20.4. The van der Waals surface area contributed by atoms with E-state index in [1.165, 1.54) is 23.5 Å². The molecule has 2 aromatic rings. The van der Waals surface area contributed by atoms with E-state index in [0.29, 0.717) is 17.9 Å². The zero-order valence-corrected chi connectivity index (χ0v) is 12.6. The second kappa shape index (κ2) is 5.81. The molecule has 0 bridgehead atoms. The molecule has 1 aromatic heterocycles. The normalized spacial score (nSPS) is 14.2. The summed E-state index contributed by atoms with van der Waals surface area (Å²) < 4.78 is 13.6. The molecule has 110 valence electrons. The number of halogens is 1. The molecule has 0 aliphatic carbocycles. The number of hydrogen-bond acceptors (Lipinski definition) is 4. The molecule has 0 spiro atoms. The van der Waals surface area contributed by atoms with E-state index in [0.717, 1.165) is 25.2 Å². The van der Waals surface area contributed by atoms with Crippen LogP contribution in [0.4, 0.5) is 15.8 Å². The number of nitrogens with zero attached hydrogens (tertiary/aromatic N) is 3. The molecule has 4 nitrogen and oxygen atoms in total. The lowest BCUT2D eigenvalue weighted by Gasteiger charge is -2.37. The molecule has 1 aliphatic heterocycles. The third kappa shape index (κ3) is 2.63. The summed E-state index contributed by atoms with van der Waals surface area (Å²) in [5, 5.41) is 1.72. The Labute approximate surface area is 126 Å². The minimum Gasteiger partial charge on any atom is -0.368 e. The largest absolute Gasteiger partial charge is 0.368 e. The van der Waals surface area contributed by atoms with Gasteiger partial charge in [0.25, 0.3) is 5.91 Å². The van der Waals surface area contributed by atoms with Crippen LogP contribution in [0.1, 0.15) is 23.8 Å². The minimum absolute atomic E-state index is 0.167. The van der Waals surface area contributed by atoms with Gasteiger partial charge in [0.15, 0.2) is 0 Å². The highest BCUT2D eigenvalue weighted by molar-refractivity contribution is 7.07. The van der Waals surface area contributed by atoms with Crippen LogP contribution in [0.3, 0.4) is 0 Å². The van der Waals surface area contributed by atoms with Crippen LogP contribution in [0.25, 0.3) is 0 Å². The van der Waals surface area contributed by atoms with E-state index in [4.69, 9.17) is 0 Å². The summed E-state index contributed by atoms with van der Waals surface area (Å²) >= 11 is 1.38. The van der Waals surface area contributed by atoms with E-state index >= 15 is 0 Å². The van der Waals surface area contributed by atoms with Gasteiger partial charge in [-0.3, -0.25) is 4.79 Å². The van der Waals surface area contributed by atoms with Crippen molar-refractivity contribution in [3.63, 3.8) is 0 Å². The van der Waals surface area contributed by atoms with E-state index in [2.05, 4.69) is 16.8 Å². The van der Waals surface area contributed by atoms with Crippen molar-refractivity contribution in [3.05, 3.63) is 40.6 Å². The smallest absolute Gasteiger partial charge is 0.277 e. The zero-order valence-electron chi connectivity index (χ0n) is 11.8. The molecule has 1 aliphatic rings. The Kier molecular flexibility index (Phi) is 3.88. The number of hydrogen-bond donors (Lipinski definition) is 0. The minimum atomic E-state index is -0.330. The molecule has 0 fully saturated rings. The van der Waals surface area contributed by atoms with Gasteiger partial charge in [-0.05, 0) is 24.6 Å². The number of fused-ring (bicyclic) bond motifs is 1. The second-order valence-corrected chi connectivity index (χ2v) is 5.67. The topological polar surface area (TPSA) is 36.4 Å². The fourth-order valence-corrected chi connectivity index (χ4v) is 3.14. The Morgan fingerprint density at radius 3 is 2.95 bits per heavy atom. The molecule has 6 heteroatoms. The Balaban J connectivity index is 1.99. The van der Waals surface area contributed by atoms with E-state index in [1.54, 1.807) is 21.9 Å². The average Bonchev–Trinajstić information content (AvgIpc) is 3.01. The van der Waals surface area contributed by atoms with Crippen molar-refractivity contribution in [2.45, 2.75) is 13.3 Å². The first-order valence-electron chi connectivity index (χ1n) is 6.95. The Morgan fingerprint density at radius 2 is 2.24 bits per heavy atom. The van der Waals surface area contributed by atoms with Crippen molar-refractivity contribution in [1.29, 1.82) is 0 Å². The molecule has 0 saturated heterocycles. The number of carbonyl (C=O) groups excluding carboxylic acids is 1. The molecule has 0 atom stereocenters. The molecule has 0 unspecified atom stereocenters. The first-order valence-corrected chi connectivity index (χ1v) is 7.89. The lowest BCUT2D eigenvalue weighted by Crippen LogP contribution is -2.44. The highest BCUT2D eigenvalue weighted by Crippen LogP contribution is 2.34. The molecular formula is C15H16FN3OS. The van der Waals surface area contributed by atoms with E-state index < -0.39 is 0 Å². The molecule has 3 rings (SSSR count). The van der Waals surface area contributed by atoms with Gasteiger partial charge in [-0.1, -0.05) is 6.92 Å². The number of anilines is 2. The maximum atomic E-state index is 13.6. The fraction of sp³-hybridized carbons (Fsp3) is 0.333. The summed E-state index contributed by atoms with van der Waals surface area (Å²) in [6.45, 7) is 4.31. The summed E-state index contributed by atoms with van der Waals surface area (Å²) in [5.74, 6) is -0.498. The van der Waals surface area contributed by atoms with Crippen molar-refractivity contribution in [2.24, 2.45) is 0 Å². The molecule has 21 heavy (non-hydrogen) atoms. The molecule has 0 N–H and O–H groups in total. The van der Waals surface area contributed by atoms with Crippen LogP contribution in [0.2, 0.25) is 0 Å². The Hall–Kier alpha value is -1.95. The molecule has 0 saturated carbocycles. The predicted molar refractivity (Wildman–Crippen MR) is 82.7 cm³/mol. The standard InChI is InChI=1S/C15H16FN3OS/c1-2-5-18-6-7-19(15(20)12-9-21-10-17-12)14-8-11(16)3-4-13(14)18/h3-4,8-10H,2,5-7H2,1H3. The maximum absolute atomic E-state index is 13.6. The maximum Gasteiger partial charge on any atom is 0.277 e. The number of amides is 1. The SMILES string of the molecule is CCCN1CCN(C(=O)c2cscn2)c2cc(F)ccc21. The van der Waals surface area contributed by atoms with Crippen LogP contribution in [0.15, 0.2) is 29.1 Å². The Bertz CT molecular complexity index is 644. The average molecular weight is 305 g/mol. The van der Waals surface area contributed by atoms with Gasteiger partial charge >= 0.3 is 0 Å². The van der Waals surface area contributed by atoms with Crippen molar-refractivity contribution in [3.8, 4) is 0 Å². The zero-order chi connectivity index (χ0) is 14.8. The first kappa shape index (κ1) is 14.0. The van der Waals surface area contributed by atoms with Crippen molar-refractivity contribution < 1.29 is 9.18 Å². The lowest BCUT2D eigenvalue weighted by molar-refractivity contribution is 0.0982. The summed E-state index contributed by atoms with van der Waals surface area (Å²) in [7, 11) is 0. The fourth-order valence-electron chi connectivity index (χ4n) is 2.61. The number of benzene rings is 1. The highest BCUT2D eigenvalue weighted by atomic mass is 32.1. The van der Waals surface area contributed by atoms with E-state index in [1.807, 2.05) is 0 Å². The quantitative estimate of drug-likeness (QED) is 0.874. The number of thiazole rings is 1. The first-order chi connectivity index (χ1) is 10.2. The monoisotopic (exact) mass is 305 g/mol. The van der Waals surface area contributed by atoms with Crippen LogP contribution in [-0.4, -0.2) is 30.5 Å². The summed E-state index contributed by atoms with van der Waals surface area (Å²) in [6, 6.07) is 4.63. The van der Waals surface area contributed by atoms with Gasteiger partial charge in [0.2, 0.25) is 0 Å². The van der Waals surface area contributed by atoms with Crippen LogP contribution in [-0.2, 0) is 0 Å². The van der Waals surface area contributed by atoms with Gasteiger partial charge in [0, 0.05) is 25.0 Å². The van der Waals surface area contributed by atoms with Gasteiger partial charge in [-0.25, -0.2) is 9.37 Å². The van der Waals surface area contributed by atoms with Gasteiger partial charge in [-0.15, -0.1) is 11.3 Å². The number of rotatable bonds is 3. The lowest BCUT2D eigenvalue weighted by atomic mass is 10.1. The Morgan fingerprint density at radius 1 is 1.38 bits per heavy atom. The van der Waals surface area contributed by atoms with Gasteiger partial charge < -0.3 is 9.80 Å². The summed E-state index contributed by atoms with van der Waals surface area (Å²) in [5.41, 5.74) is 3.59. The van der Waals surface area contributed by atoms with E-state index in [9.17, 15) is 9.18 Å². The van der Waals surface area contributed by atoms with Gasteiger partial charge in [0.05, 0.1) is 16.9 Å². The number of carbonyl (C=O) groups is 1. The number of aromatic nitrogens is 1. The molecular weight excluding hydrogens is 289 g/mol. The van der Waals surface area contributed by atoms with Gasteiger partial charge in [-0.2, -0.15) is 0 Å². The highest BCUT2D eigenvalue weighted by Gasteiger charge is 2.28. The third-order valence-electron chi connectivity index (χ3n) is 3.55. The van der Waals surface area contributed by atoms with Crippen molar-refractivity contribution in [1.82, 2.24) is 4.98 Å². The van der Waals surface area contributed by atoms with Crippen molar-refractivity contribution in [2.75, 3.05) is 29.4 Å². The van der Waals surface area contributed by atoms with Gasteiger partial charge in [0.1, 0.15) is 11.5 Å². The van der Waals surface area contributed by atoms with Crippen molar-refractivity contribution >= 4 is 28.6 Å². The van der Waals surface area contributed by atoms with Crippen LogP contribution in [0, 0.1) is 5.82 Å². The van der Waals surface area contributed by atoms with E-state index in [-0.39, 0.29) is 11.7 Å². The molecule has 1 aromatic carbocycles. The van der Waals surface area contributed by atoms with Crippen LogP contribution in [0.5, 0.6) is 0 Å². The third-order valence-corrected chi connectivity index (χ3v) is 4.14. The molecule has 1 amide bonds. The molecule has 0 radical (unpaired) electrons. The van der Waals surface area contributed by atoms with Crippen LogP contribution >= 0.6 is 11.3 Å². The molecule has 2 heterocycles. The predicted octanol–water partition coefficient (Wildman–Crippen LogP) is 3.16. The second-order valence-electron chi connectivity index (χ2n) is 4.95.